The van der Waals surface area contributed by atoms with E-state index in [-0.39, 0.29) is 5.56 Å². The van der Waals surface area contributed by atoms with Gasteiger partial charge >= 0.3 is 0 Å². The van der Waals surface area contributed by atoms with Gasteiger partial charge in [0.1, 0.15) is 5.75 Å². The fourth-order valence-electron chi connectivity index (χ4n) is 5.47. The molecule has 3 aromatic carbocycles. The summed E-state index contributed by atoms with van der Waals surface area (Å²) in [5.74, 6) is -1.92. The number of benzene rings is 3. The number of hydrogen-bond acceptors (Lipinski definition) is 4. The summed E-state index contributed by atoms with van der Waals surface area (Å²) in [6, 6.07) is 19.8. The molecule has 4 rings (SSSR count). The zero-order valence-corrected chi connectivity index (χ0v) is 26.1. The molecule has 1 N–H and O–H groups in total. The van der Waals surface area contributed by atoms with E-state index in [0.717, 1.165) is 45.2 Å². The molecule has 0 radical (unpaired) electrons. The molecule has 1 amide bonds. The van der Waals surface area contributed by atoms with Crippen molar-refractivity contribution in [1.29, 1.82) is 0 Å². The molecule has 0 aromatic heterocycles. The Bertz CT molecular complexity index is 1260. The number of hydrogen-bond donors (Lipinski definition) is 1. The van der Waals surface area contributed by atoms with Crippen molar-refractivity contribution >= 4 is 17.9 Å². The van der Waals surface area contributed by atoms with E-state index in [4.69, 9.17) is 4.74 Å². The van der Waals surface area contributed by atoms with Crippen LogP contribution >= 0.6 is 11.9 Å². The highest BCUT2D eigenvalue weighted by Crippen LogP contribution is 2.36. The Balaban J connectivity index is 1.44. The van der Waals surface area contributed by atoms with Crippen LogP contribution in [0.15, 0.2) is 77.7 Å². The topological polar surface area (TPSA) is 41.6 Å². The van der Waals surface area contributed by atoms with Crippen LogP contribution in [0, 0.1) is 18.8 Å². The minimum atomic E-state index is -3.43. The first-order valence-corrected chi connectivity index (χ1v) is 16.0. The summed E-state index contributed by atoms with van der Waals surface area (Å²) in [7, 11) is 0. The minimum Gasteiger partial charge on any atom is -0.493 e. The monoisotopic (exact) mass is 594 g/mol. The molecule has 0 aliphatic heterocycles. The number of amides is 1. The van der Waals surface area contributed by atoms with Crippen LogP contribution in [0.3, 0.4) is 0 Å². The Hall–Kier alpha value is -2.90. The molecule has 1 aliphatic rings. The van der Waals surface area contributed by atoms with Crippen molar-refractivity contribution in [1.82, 2.24) is 9.62 Å². The lowest BCUT2D eigenvalue weighted by atomic mass is 9.97. The largest absolute Gasteiger partial charge is 0.493 e. The molecule has 1 fully saturated rings. The van der Waals surface area contributed by atoms with Crippen LogP contribution in [0.25, 0.3) is 11.1 Å². The molecular formula is C35H44F2N2O2S. The molecule has 4 nitrogen and oxygen atoms in total. The summed E-state index contributed by atoms with van der Waals surface area (Å²) in [4.78, 5) is 15.5. The third-order valence-electron chi connectivity index (χ3n) is 8.32. The van der Waals surface area contributed by atoms with E-state index in [2.05, 4.69) is 11.6 Å². The zero-order chi connectivity index (χ0) is 30.1. The number of rotatable bonds is 12. The number of halogens is 2. The average molecular weight is 595 g/mol. The lowest BCUT2D eigenvalue weighted by molar-refractivity contribution is -0.143. The van der Waals surface area contributed by atoms with E-state index < -0.39 is 17.9 Å². The number of alkyl halides is 2. The van der Waals surface area contributed by atoms with Gasteiger partial charge in [0.15, 0.2) is 6.04 Å². The summed E-state index contributed by atoms with van der Waals surface area (Å²) >= 11 is 1.04. The lowest BCUT2D eigenvalue weighted by Crippen LogP contribution is -2.52. The lowest BCUT2D eigenvalue weighted by Gasteiger charge is -2.31. The highest BCUT2D eigenvalue weighted by Gasteiger charge is 2.47. The predicted octanol–water partition coefficient (Wildman–Crippen LogP) is 8.88. The fourth-order valence-corrected chi connectivity index (χ4v) is 6.25. The molecule has 3 atom stereocenters. The second-order valence-corrected chi connectivity index (χ2v) is 12.4. The number of carbonyl (C=O) groups is 1. The first-order chi connectivity index (χ1) is 20.2. The van der Waals surface area contributed by atoms with E-state index in [9.17, 15) is 4.79 Å². The van der Waals surface area contributed by atoms with Crippen molar-refractivity contribution in [3.63, 3.8) is 0 Å². The smallest absolute Gasteiger partial charge is 0.298 e. The first-order valence-electron chi connectivity index (χ1n) is 15.2. The van der Waals surface area contributed by atoms with Gasteiger partial charge in [-0.05, 0) is 92.8 Å². The summed E-state index contributed by atoms with van der Waals surface area (Å²) in [6.07, 6.45) is 6.21. The molecule has 42 heavy (non-hydrogen) atoms. The van der Waals surface area contributed by atoms with Gasteiger partial charge in [0.2, 0.25) is 5.91 Å². The number of likely N-dealkylation sites (N-methyl/N-ethyl adjacent to an activating group) is 1. The Morgan fingerprint density at radius 1 is 0.929 bits per heavy atom. The Kier molecular flexibility index (Phi) is 11.4. The van der Waals surface area contributed by atoms with Crippen LogP contribution in [-0.2, 0) is 10.7 Å². The van der Waals surface area contributed by atoms with Gasteiger partial charge in [-0.15, -0.1) is 0 Å². The van der Waals surface area contributed by atoms with E-state index in [1.54, 1.807) is 26.0 Å². The molecule has 0 saturated heterocycles. The number of aryl methyl sites for hydroxylation is 1. The summed E-state index contributed by atoms with van der Waals surface area (Å²) in [5.41, 5.74) is 2.74. The molecule has 0 spiro atoms. The standard InChI is InChI=1S/C35H44F2N2O2S/c1-5-39(6-2)34(40)33(35(36,37)30-18-16-29(17-19-30)28-14-11-26(4)12-15-28)38-42-32-22-20-31(21-23-32)41-24-27-9-7-8-25(3)10-13-27/h11-12,14-23,25,27,33,38H,5-10,13,24H2,1-4H3. The van der Waals surface area contributed by atoms with Gasteiger partial charge in [-0.1, -0.05) is 80.3 Å². The fraction of sp³-hybridized carbons (Fsp3) is 0.457. The average Bonchev–Trinajstić information content (AvgIpc) is 3.21. The molecule has 0 heterocycles. The normalized spacial score (nSPS) is 18.2. The van der Waals surface area contributed by atoms with Crippen LogP contribution in [0.1, 0.15) is 64.0 Å². The zero-order valence-electron chi connectivity index (χ0n) is 25.2. The van der Waals surface area contributed by atoms with Gasteiger partial charge in [-0.2, -0.15) is 8.78 Å². The Morgan fingerprint density at radius 3 is 2.17 bits per heavy atom. The number of ether oxygens (including phenoxy) is 1. The van der Waals surface area contributed by atoms with Gasteiger partial charge in [0.25, 0.3) is 5.92 Å². The maximum Gasteiger partial charge on any atom is 0.298 e. The van der Waals surface area contributed by atoms with Crippen LogP contribution in [0.4, 0.5) is 8.78 Å². The van der Waals surface area contributed by atoms with E-state index >= 15 is 8.78 Å². The third-order valence-corrected chi connectivity index (χ3v) is 9.18. The predicted molar refractivity (Wildman–Crippen MR) is 169 cm³/mol. The highest BCUT2D eigenvalue weighted by atomic mass is 32.2. The molecule has 0 bridgehead atoms. The summed E-state index contributed by atoms with van der Waals surface area (Å²) in [6.45, 7) is 9.34. The summed E-state index contributed by atoms with van der Waals surface area (Å²) in [5, 5.41) is 0. The van der Waals surface area contributed by atoms with Gasteiger partial charge < -0.3 is 9.64 Å². The van der Waals surface area contributed by atoms with Crippen molar-refractivity contribution in [3.8, 4) is 16.9 Å². The second-order valence-electron chi connectivity index (χ2n) is 11.5. The Labute approximate surface area is 254 Å². The van der Waals surface area contributed by atoms with Crippen LogP contribution in [0.5, 0.6) is 5.75 Å². The highest BCUT2D eigenvalue weighted by molar-refractivity contribution is 7.97. The molecule has 1 aliphatic carbocycles. The minimum absolute atomic E-state index is 0.200. The SMILES string of the molecule is CCN(CC)C(=O)C(NSc1ccc(OCC2CCCC(C)CC2)cc1)C(F)(F)c1ccc(-c2ccc(C)cc2)cc1. The van der Waals surface area contributed by atoms with Crippen molar-refractivity contribution < 1.29 is 18.3 Å². The third kappa shape index (κ3) is 8.35. The van der Waals surface area contributed by atoms with Crippen molar-refractivity contribution in [2.24, 2.45) is 11.8 Å². The molecule has 1 saturated carbocycles. The number of carbonyl (C=O) groups excluding carboxylic acids is 1. The summed E-state index contributed by atoms with van der Waals surface area (Å²) < 4.78 is 41.0. The Morgan fingerprint density at radius 2 is 1.55 bits per heavy atom. The second kappa shape index (κ2) is 15.0. The van der Waals surface area contributed by atoms with E-state index in [0.29, 0.717) is 25.6 Å². The van der Waals surface area contributed by atoms with Gasteiger partial charge in [-0.3, -0.25) is 4.79 Å². The van der Waals surface area contributed by atoms with Crippen LogP contribution in [-0.4, -0.2) is 36.5 Å². The van der Waals surface area contributed by atoms with Gasteiger partial charge in [0.05, 0.1) is 6.61 Å². The van der Waals surface area contributed by atoms with E-state index in [1.165, 1.54) is 49.1 Å². The molecule has 7 heteroatoms. The van der Waals surface area contributed by atoms with Crippen LogP contribution < -0.4 is 9.46 Å². The van der Waals surface area contributed by atoms with E-state index in [1.807, 2.05) is 55.5 Å². The first kappa shape index (κ1) is 32.0. The van der Waals surface area contributed by atoms with Gasteiger partial charge in [0, 0.05) is 23.5 Å². The number of nitrogens with one attached hydrogen (secondary N) is 1. The quantitative estimate of drug-likeness (QED) is 0.168. The molecule has 226 valence electrons. The number of nitrogens with zero attached hydrogens (tertiary/aromatic N) is 1. The van der Waals surface area contributed by atoms with Crippen molar-refractivity contribution in [3.05, 3.63) is 83.9 Å². The maximum absolute atomic E-state index is 16.0. The van der Waals surface area contributed by atoms with Crippen molar-refractivity contribution in [2.45, 2.75) is 76.7 Å². The van der Waals surface area contributed by atoms with Gasteiger partial charge in [-0.25, -0.2) is 4.72 Å². The molecule has 3 unspecified atom stereocenters. The maximum atomic E-state index is 16.0. The molecule has 3 aromatic rings. The van der Waals surface area contributed by atoms with Crippen LogP contribution in [0.2, 0.25) is 0 Å². The van der Waals surface area contributed by atoms with Crippen molar-refractivity contribution in [2.75, 3.05) is 19.7 Å². The molecular weight excluding hydrogens is 550 g/mol.